The van der Waals surface area contributed by atoms with E-state index >= 15 is 0 Å². The van der Waals surface area contributed by atoms with Crippen molar-refractivity contribution in [3.05, 3.63) is 24.3 Å². The van der Waals surface area contributed by atoms with Crippen LogP contribution < -0.4 is 0 Å². The molecule has 32 heavy (non-hydrogen) atoms. The molecule has 0 bridgehead atoms. The average Bonchev–Trinajstić information content (AvgIpc) is 2.68. The van der Waals surface area contributed by atoms with Crippen molar-refractivity contribution in [2.75, 3.05) is 0 Å². The Morgan fingerprint density at radius 1 is 0.469 bits per heavy atom. The van der Waals surface area contributed by atoms with Crippen LogP contribution in [0.4, 0.5) is 52.7 Å². The highest BCUT2D eigenvalue weighted by atomic mass is 19.4. The molecule has 2 aliphatic rings. The van der Waals surface area contributed by atoms with Gasteiger partial charge < -0.3 is 10.2 Å². The van der Waals surface area contributed by atoms with Gasteiger partial charge in [-0.3, -0.25) is 0 Å². The third-order valence-electron chi connectivity index (χ3n) is 5.83. The van der Waals surface area contributed by atoms with Gasteiger partial charge in [-0.1, -0.05) is 24.3 Å². The lowest BCUT2D eigenvalue weighted by atomic mass is 9.75. The van der Waals surface area contributed by atoms with Gasteiger partial charge in [-0.2, -0.15) is 52.7 Å². The Morgan fingerprint density at radius 2 is 0.750 bits per heavy atom. The van der Waals surface area contributed by atoms with Crippen LogP contribution in [0.25, 0.3) is 0 Å². The van der Waals surface area contributed by atoms with Crippen LogP contribution in [0, 0.1) is 0 Å². The number of halogens is 12. The number of hydrogen-bond donors (Lipinski definition) is 2. The largest absolute Gasteiger partial charge is 0.384 e. The number of hydrogen-bond acceptors (Lipinski definition) is 2. The standard InChI is InChI=1S/C18H18F12O2/c19-13(20,11(31)7-3-1-4-8-11)15(23,24)17(27,28)18(29,30)16(25,26)14(21,22)12(32)9-5-2-6-10-12/h1-3,5,31-32H,4,6-10H2. The zero-order valence-corrected chi connectivity index (χ0v) is 16.0. The molecule has 2 nitrogen and oxygen atoms in total. The van der Waals surface area contributed by atoms with Gasteiger partial charge in [0, 0.05) is 12.8 Å². The van der Waals surface area contributed by atoms with Gasteiger partial charge in [0.1, 0.15) is 11.2 Å². The maximum absolute atomic E-state index is 14.3. The van der Waals surface area contributed by atoms with Crippen LogP contribution in [-0.2, 0) is 0 Å². The predicted octanol–water partition coefficient (Wildman–Crippen LogP) is 5.74. The topological polar surface area (TPSA) is 40.5 Å². The van der Waals surface area contributed by atoms with E-state index in [0.29, 0.717) is 12.2 Å². The predicted molar refractivity (Wildman–Crippen MR) is 85.6 cm³/mol. The molecule has 0 fully saturated rings. The quantitative estimate of drug-likeness (QED) is 0.350. The Hall–Kier alpha value is -1.44. The normalized spacial score (nSPS) is 28.8. The van der Waals surface area contributed by atoms with E-state index in [9.17, 15) is 62.9 Å². The Morgan fingerprint density at radius 3 is 0.969 bits per heavy atom. The fourth-order valence-corrected chi connectivity index (χ4v) is 3.58. The molecular weight excluding hydrogens is 476 g/mol. The van der Waals surface area contributed by atoms with Crippen molar-refractivity contribution in [1.82, 2.24) is 0 Å². The summed E-state index contributed by atoms with van der Waals surface area (Å²) in [6.45, 7) is 0. The zero-order chi connectivity index (χ0) is 25.1. The Labute approximate surface area is 173 Å². The van der Waals surface area contributed by atoms with E-state index in [4.69, 9.17) is 0 Å². The number of rotatable bonds is 7. The molecule has 0 heterocycles. The van der Waals surface area contributed by atoms with E-state index in [2.05, 4.69) is 0 Å². The molecule has 14 heteroatoms. The molecule has 0 aliphatic heterocycles. The van der Waals surface area contributed by atoms with Gasteiger partial charge in [0.2, 0.25) is 0 Å². The summed E-state index contributed by atoms with van der Waals surface area (Å²) in [5, 5.41) is 19.5. The van der Waals surface area contributed by atoms with Crippen molar-refractivity contribution in [2.45, 2.75) is 85.3 Å². The maximum atomic E-state index is 14.3. The molecule has 2 unspecified atom stereocenters. The first-order valence-electron chi connectivity index (χ1n) is 9.18. The first-order chi connectivity index (χ1) is 14.2. The van der Waals surface area contributed by atoms with Gasteiger partial charge >= 0.3 is 35.5 Å². The van der Waals surface area contributed by atoms with Crippen LogP contribution in [0.5, 0.6) is 0 Å². The molecule has 0 saturated heterocycles. The molecule has 0 aromatic rings. The highest BCUT2D eigenvalue weighted by Crippen LogP contribution is 2.64. The minimum Gasteiger partial charge on any atom is -0.383 e. The summed E-state index contributed by atoms with van der Waals surface area (Å²) in [5.74, 6) is -43.3. The van der Waals surface area contributed by atoms with Crippen molar-refractivity contribution >= 4 is 0 Å². The molecule has 0 saturated carbocycles. The molecule has 0 aromatic heterocycles. The smallest absolute Gasteiger partial charge is 0.383 e. The van der Waals surface area contributed by atoms with Gasteiger partial charge in [0.15, 0.2) is 0 Å². The summed E-state index contributed by atoms with van der Waals surface area (Å²) in [6, 6.07) is 0. The summed E-state index contributed by atoms with van der Waals surface area (Å²) in [4.78, 5) is 0. The molecule has 0 spiro atoms. The Balaban J connectivity index is 2.56. The SMILES string of the molecule is OC1(C(F)(F)C(F)(F)C(F)(F)C(F)(F)C(F)(F)C(F)(F)C2(O)CC=CCC2)CC=CCC1. The fraction of sp³-hybridized carbons (Fsp3) is 0.778. The molecular formula is C18H18F12O2. The van der Waals surface area contributed by atoms with E-state index < -0.39 is 85.3 Å². The summed E-state index contributed by atoms with van der Waals surface area (Å²) < 4.78 is 170. The van der Waals surface area contributed by atoms with E-state index in [0.717, 1.165) is 12.2 Å². The van der Waals surface area contributed by atoms with E-state index in [1.165, 1.54) is 0 Å². The maximum Gasteiger partial charge on any atom is 0.384 e. The average molecular weight is 494 g/mol. The molecule has 2 atom stereocenters. The van der Waals surface area contributed by atoms with Crippen molar-refractivity contribution in [3.63, 3.8) is 0 Å². The van der Waals surface area contributed by atoms with Crippen LogP contribution in [-0.4, -0.2) is 57.0 Å². The Bertz CT molecular complexity index is 712. The molecule has 0 amide bonds. The Kier molecular flexibility index (Phi) is 6.31. The second-order valence-electron chi connectivity index (χ2n) is 7.94. The van der Waals surface area contributed by atoms with Gasteiger partial charge in [0.05, 0.1) is 0 Å². The van der Waals surface area contributed by atoms with Gasteiger partial charge in [-0.25, -0.2) is 0 Å². The third-order valence-corrected chi connectivity index (χ3v) is 5.83. The molecule has 2 rings (SSSR count). The number of aliphatic hydroxyl groups is 2. The van der Waals surface area contributed by atoms with Gasteiger partial charge in [-0.15, -0.1) is 0 Å². The van der Waals surface area contributed by atoms with Gasteiger partial charge in [-0.05, 0) is 25.7 Å². The lowest BCUT2D eigenvalue weighted by Gasteiger charge is -2.48. The summed E-state index contributed by atoms with van der Waals surface area (Å²) >= 11 is 0. The minimum absolute atomic E-state index is 0.571. The van der Waals surface area contributed by atoms with Gasteiger partial charge in [0.25, 0.3) is 0 Å². The van der Waals surface area contributed by atoms with Crippen LogP contribution in [0.15, 0.2) is 24.3 Å². The second kappa shape index (κ2) is 7.54. The van der Waals surface area contributed by atoms with E-state index in [1.54, 1.807) is 0 Å². The van der Waals surface area contributed by atoms with Crippen molar-refractivity contribution < 1.29 is 62.9 Å². The van der Waals surface area contributed by atoms with Crippen molar-refractivity contribution in [3.8, 4) is 0 Å². The summed E-state index contributed by atoms with van der Waals surface area (Å²) in [7, 11) is 0. The highest BCUT2D eigenvalue weighted by molar-refractivity contribution is 5.20. The molecule has 186 valence electrons. The minimum atomic E-state index is -7.78. The molecule has 2 N–H and O–H groups in total. The van der Waals surface area contributed by atoms with Crippen LogP contribution in [0.2, 0.25) is 0 Å². The number of alkyl halides is 12. The lowest BCUT2D eigenvalue weighted by Crippen LogP contribution is -2.76. The van der Waals surface area contributed by atoms with E-state index in [1.807, 2.05) is 0 Å². The fourth-order valence-electron chi connectivity index (χ4n) is 3.58. The first kappa shape index (κ1) is 26.8. The van der Waals surface area contributed by atoms with Crippen molar-refractivity contribution in [2.24, 2.45) is 0 Å². The third kappa shape index (κ3) is 3.26. The monoisotopic (exact) mass is 494 g/mol. The number of allylic oxidation sites excluding steroid dienone is 2. The molecule has 0 radical (unpaired) electrons. The van der Waals surface area contributed by atoms with Crippen LogP contribution >= 0.6 is 0 Å². The zero-order valence-electron chi connectivity index (χ0n) is 16.0. The summed E-state index contributed by atoms with van der Waals surface area (Å²) in [6.07, 6.45) is -3.19. The second-order valence-corrected chi connectivity index (χ2v) is 7.94. The first-order valence-corrected chi connectivity index (χ1v) is 9.18. The highest BCUT2D eigenvalue weighted by Gasteiger charge is 2.93. The summed E-state index contributed by atoms with van der Waals surface area (Å²) in [5.41, 5.74) is -8.09. The van der Waals surface area contributed by atoms with Crippen LogP contribution in [0.3, 0.4) is 0 Å². The lowest BCUT2D eigenvalue weighted by molar-refractivity contribution is -0.448. The molecule has 2 aliphatic carbocycles. The van der Waals surface area contributed by atoms with E-state index in [-0.39, 0.29) is 0 Å². The van der Waals surface area contributed by atoms with Crippen molar-refractivity contribution in [1.29, 1.82) is 0 Å². The van der Waals surface area contributed by atoms with Crippen LogP contribution in [0.1, 0.15) is 38.5 Å². The molecule has 0 aromatic carbocycles.